The van der Waals surface area contributed by atoms with Crippen LogP contribution in [0.15, 0.2) is 53.7 Å². The molecule has 5 rings (SSSR count). The smallest absolute Gasteiger partial charge is 0.222 e. The normalized spacial score (nSPS) is 13.9. The maximum absolute atomic E-state index is 12.8. The monoisotopic (exact) mass is 542 g/mol. The number of aryl methyl sites for hydroxylation is 1. The summed E-state index contributed by atoms with van der Waals surface area (Å²) >= 11 is 7.71. The lowest BCUT2D eigenvalue weighted by atomic mass is 9.99. The first-order chi connectivity index (χ1) is 18.3. The number of nitrogens with zero attached hydrogens (tertiary/aromatic N) is 5. The molecule has 10 heteroatoms. The fourth-order valence-corrected chi connectivity index (χ4v) is 5.51. The number of carbonyl (C=O) groups excluding carboxylic acids is 2. The van der Waals surface area contributed by atoms with E-state index in [1.807, 2.05) is 60.9 Å². The van der Waals surface area contributed by atoms with Crippen molar-refractivity contribution in [3.05, 3.63) is 92.6 Å². The summed E-state index contributed by atoms with van der Waals surface area (Å²) in [6, 6.07) is 12.5. The summed E-state index contributed by atoms with van der Waals surface area (Å²) in [7, 11) is 0. The number of ketones is 1. The first-order valence-corrected chi connectivity index (χ1v) is 13.1. The number of hydrogen-bond acceptors (Lipinski definition) is 7. The maximum atomic E-state index is 12.8. The molecule has 190 valence electrons. The van der Waals surface area contributed by atoms with E-state index >= 15 is 0 Å². The average molecular weight is 543 g/mol. The highest BCUT2D eigenvalue weighted by Crippen LogP contribution is 2.39. The van der Waals surface area contributed by atoms with Gasteiger partial charge >= 0.3 is 0 Å². The Kier molecular flexibility index (Phi) is 7.18. The molecule has 0 bridgehead atoms. The SMILES string of the molecule is CC(=O)CNC(=O)C[C@@H]1N=C(c2ccc(Cl)cc2)c2c(sc(C#Cc3ccccn3)c2C)-n2c(C)nnc21. The van der Waals surface area contributed by atoms with Gasteiger partial charge in [-0.25, -0.2) is 4.98 Å². The first-order valence-electron chi connectivity index (χ1n) is 11.9. The number of carbonyl (C=O) groups is 2. The molecule has 3 aromatic heterocycles. The van der Waals surface area contributed by atoms with Crippen molar-refractivity contribution >= 4 is 40.3 Å². The topological polar surface area (TPSA) is 102 Å². The molecule has 0 spiro atoms. The summed E-state index contributed by atoms with van der Waals surface area (Å²) in [4.78, 5) is 34.4. The molecular weight excluding hydrogens is 520 g/mol. The van der Waals surface area contributed by atoms with E-state index in [9.17, 15) is 9.59 Å². The Morgan fingerprint density at radius 2 is 1.89 bits per heavy atom. The van der Waals surface area contributed by atoms with Crippen LogP contribution in [0.1, 0.15) is 58.3 Å². The minimum atomic E-state index is -0.615. The van der Waals surface area contributed by atoms with E-state index in [-0.39, 0.29) is 24.7 Å². The fourth-order valence-electron chi connectivity index (χ4n) is 4.17. The summed E-state index contributed by atoms with van der Waals surface area (Å²) in [5.41, 5.74) is 4.11. The molecule has 0 saturated heterocycles. The Bertz CT molecular complexity index is 1630. The number of Topliss-reactive ketones (excluding diaryl/α,β-unsaturated/α-hetero) is 1. The van der Waals surface area contributed by atoms with Gasteiger partial charge in [0, 0.05) is 22.3 Å². The Balaban J connectivity index is 1.68. The van der Waals surface area contributed by atoms with Gasteiger partial charge in [0.2, 0.25) is 5.91 Å². The largest absolute Gasteiger partial charge is 0.349 e. The van der Waals surface area contributed by atoms with Crippen LogP contribution in [0.25, 0.3) is 5.00 Å². The number of hydrogen-bond donors (Lipinski definition) is 1. The third-order valence-electron chi connectivity index (χ3n) is 6.00. The molecule has 0 fully saturated rings. The van der Waals surface area contributed by atoms with Gasteiger partial charge in [-0.15, -0.1) is 21.5 Å². The third kappa shape index (κ3) is 5.14. The van der Waals surface area contributed by atoms with E-state index in [0.717, 1.165) is 26.6 Å². The van der Waals surface area contributed by atoms with Gasteiger partial charge in [0.25, 0.3) is 0 Å². The van der Waals surface area contributed by atoms with Crippen LogP contribution < -0.4 is 5.32 Å². The molecule has 1 aliphatic heterocycles. The zero-order valence-corrected chi connectivity index (χ0v) is 22.5. The van der Waals surface area contributed by atoms with Crippen molar-refractivity contribution in [1.29, 1.82) is 0 Å². The lowest BCUT2D eigenvalue weighted by Gasteiger charge is -2.12. The van der Waals surface area contributed by atoms with Gasteiger partial charge in [0.15, 0.2) is 5.82 Å². The molecule has 0 aliphatic carbocycles. The number of aliphatic imine (C=N–C) groups is 1. The van der Waals surface area contributed by atoms with Gasteiger partial charge < -0.3 is 5.32 Å². The van der Waals surface area contributed by atoms with Gasteiger partial charge in [-0.05, 0) is 62.4 Å². The minimum absolute atomic E-state index is 0.0167. The third-order valence-corrected chi connectivity index (χ3v) is 7.45. The lowest BCUT2D eigenvalue weighted by Crippen LogP contribution is -2.29. The van der Waals surface area contributed by atoms with Crippen LogP contribution in [0.2, 0.25) is 5.02 Å². The van der Waals surface area contributed by atoms with Gasteiger partial charge in [-0.3, -0.25) is 19.1 Å². The summed E-state index contributed by atoms with van der Waals surface area (Å²) in [6.07, 6.45) is 1.73. The Labute approximate surface area is 228 Å². The predicted octanol–water partition coefficient (Wildman–Crippen LogP) is 4.38. The number of benzene rings is 1. The molecule has 1 atom stereocenters. The van der Waals surface area contributed by atoms with Crippen molar-refractivity contribution in [2.24, 2.45) is 4.99 Å². The van der Waals surface area contributed by atoms with Gasteiger partial charge in [-0.2, -0.15) is 0 Å². The zero-order valence-electron chi connectivity index (χ0n) is 20.9. The molecule has 38 heavy (non-hydrogen) atoms. The highest BCUT2D eigenvalue weighted by molar-refractivity contribution is 7.15. The summed E-state index contributed by atoms with van der Waals surface area (Å²) in [5, 5.41) is 12.9. The average Bonchev–Trinajstić information content (AvgIpc) is 3.40. The number of pyridine rings is 1. The quantitative estimate of drug-likeness (QED) is 0.377. The van der Waals surface area contributed by atoms with E-state index in [1.54, 1.807) is 6.20 Å². The fraction of sp³-hybridized carbons (Fsp3) is 0.214. The Hall–Kier alpha value is -4.13. The molecule has 1 amide bonds. The van der Waals surface area contributed by atoms with Crippen molar-refractivity contribution in [3.8, 4) is 16.8 Å². The van der Waals surface area contributed by atoms with Crippen molar-refractivity contribution in [2.45, 2.75) is 33.2 Å². The molecule has 1 aliphatic rings. The van der Waals surface area contributed by atoms with Crippen LogP contribution in [-0.4, -0.2) is 43.7 Å². The van der Waals surface area contributed by atoms with Crippen LogP contribution in [0.5, 0.6) is 0 Å². The Morgan fingerprint density at radius 3 is 2.61 bits per heavy atom. The number of thiophene rings is 1. The van der Waals surface area contributed by atoms with E-state index in [4.69, 9.17) is 16.6 Å². The van der Waals surface area contributed by atoms with Crippen molar-refractivity contribution < 1.29 is 9.59 Å². The molecule has 4 aromatic rings. The van der Waals surface area contributed by atoms with Crippen LogP contribution in [0.3, 0.4) is 0 Å². The second kappa shape index (κ2) is 10.7. The van der Waals surface area contributed by atoms with E-state index in [0.29, 0.717) is 28.1 Å². The summed E-state index contributed by atoms with van der Waals surface area (Å²) in [5.74, 6) is 7.24. The molecule has 1 aromatic carbocycles. The summed E-state index contributed by atoms with van der Waals surface area (Å²) in [6.45, 7) is 5.28. The van der Waals surface area contributed by atoms with Crippen molar-refractivity contribution in [1.82, 2.24) is 25.1 Å². The molecular formula is C28H23ClN6O2S. The first kappa shape index (κ1) is 25.5. The number of halogens is 1. The second-order valence-electron chi connectivity index (χ2n) is 8.83. The number of fused-ring (bicyclic) bond motifs is 3. The standard InChI is InChI=1S/C28H23ClN6O2S/c1-16(36)15-31-24(37)14-22-27-34-33-18(3)35(27)28-25(26(32-22)19-7-9-20(29)10-8-19)17(2)23(38-28)12-11-21-6-4-5-13-30-21/h4-10,13,22H,14-15H2,1-3H3,(H,31,37)/t22-/m0/s1. The van der Waals surface area contributed by atoms with Crippen LogP contribution in [0.4, 0.5) is 0 Å². The maximum Gasteiger partial charge on any atom is 0.222 e. The number of nitrogens with one attached hydrogen (secondary N) is 1. The molecule has 0 saturated carbocycles. The highest BCUT2D eigenvalue weighted by atomic mass is 35.5. The number of amides is 1. The van der Waals surface area contributed by atoms with E-state index in [2.05, 4.69) is 32.3 Å². The second-order valence-corrected chi connectivity index (χ2v) is 10.3. The molecule has 0 radical (unpaired) electrons. The predicted molar refractivity (Wildman–Crippen MR) is 147 cm³/mol. The number of rotatable bonds is 5. The number of aromatic nitrogens is 4. The lowest BCUT2D eigenvalue weighted by molar-refractivity contribution is -0.124. The van der Waals surface area contributed by atoms with Crippen molar-refractivity contribution in [2.75, 3.05) is 6.54 Å². The van der Waals surface area contributed by atoms with Crippen LogP contribution in [0, 0.1) is 25.7 Å². The minimum Gasteiger partial charge on any atom is -0.349 e. The summed E-state index contributed by atoms with van der Waals surface area (Å²) < 4.78 is 1.95. The van der Waals surface area contributed by atoms with Gasteiger partial charge in [0.05, 0.1) is 23.6 Å². The zero-order chi connectivity index (χ0) is 26.8. The molecule has 8 nitrogen and oxygen atoms in total. The Morgan fingerprint density at radius 1 is 1.11 bits per heavy atom. The van der Waals surface area contributed by atoms with E-state index in [1.165, 1.54) is 18.3 Å². The van der Waals surface area contributed by atoms with Gasteiger partial charge in [-0.1, -0.05) is 29.8 Å². The van der Waals surface area contributed by atoms with Crippen LogP contribution >= 0.6 is 22.9 Å². The van der Waals surface area contributed by atoms with E-state index < -0.39 is 6.04 Å². The van der Waals surface area contributed by atoms with Crippen molar-refractivity contribution in [3.63, 3.8) is 0 Å². The van der Waals surface area contributed by atoms with Gasteiger partial charge in [0.1, 0.15) is 28.3 Å². The molecule has 0 unspecified atom stereocenters. The highest BCUT2D eigenvalue weighted by Gasteiger charge is 2.32. The molecule has 1 N–H and O–H groups in total. The molecule has 4 heterocycles. The van der Waals surface area contributed by atoms with Crippen LogP contribution in [-0.2, 0) is 9.59 Å².